The number of allylic oxidation sites excluding steroid dienone is 1. The molecule has 4 aliphatic rings. The maximum absolute atomic E-state index is 11.6. The lowest BCUT2D eigenvalue weighted by Crippen LogP contribution is -2.57. The number of hydrogen-bond acceptors (Lipinski definition) is 4. The van der Waals surface area contributed by atoms with Crippen molar-refractivity contribution in [3.63, 3.8) is 0 Å². The van der Waals surface area contributed by atoms with Crippen LogP contribution in [0.2, 0.25) is 0 Å². The molecule has 0 spiro atoms. The lowest BCUT2D eigenvalue weighted by Gasteiger charge is -2.58. The van der Waals surface area contributed by atoms with Gasteiger partial charge in [0.05, 0.1) is 11.8 Å². The molecule has 4 aliphatic carbocycles. The van der Waals surface area contributed by atoms with Gasteiger partial charge in [-0.2, -0.15) is 0 Å². The summed E-state index contributed by atoms with van der Waals surface area (Å²) >= 11 is 0. The lowest BCUT2D eigenvalue weighted by molar-refractivity contribution is -0.0938. The van der Waals surface area contributed by atoms with E-state index in [2.05, 4.69) is 25.1 Å². The second-order valence-corrected chi connectivity index (χ2v) is 9.87. The van der Waals surface area contributed by atoms with Crippen LogP contribution < -0.4 is 0 Å². The van der Waals surface area contributed by atoms with Crippen LogP contribution in [0.15, 0.2) is 16.8 Å². The molecular formula is C22H35NO3. The van der Waals surface area contributed by atoms with E-state index in [0.717, 1.165) is 50.7 Å². The van der Waals surface area contributed by atoms with E-state index in [1.165, 1.54) is 12.0 Å². The zero-order valence-corrected chi connectivity index (χ0v) is 16.8. The van der Waals surface area contributed by atoms with Crippen LogP contribution in [0.25, 0.3) is 0 Å². The van der Waals surface area contributed by atoms with Crippen LogP contribution >= 0.6 is 0 Å². The summed E-state index contributed by atoms with van der Waals surface area (Å²) in [6, 6.07) is 0. The number of oxime groups is 1. The molecule has 0 amide bonds. The highest BCUT2D eigenvalue weighted by atomic mass is 16.6. The van der Waals surface area contributed by atoms with E-state index in [9.17, 15) is 10.2 Å². The van der Waals surface area contributed by atoms with Crippen LogP contribution in [0.3, 0.4) is 0 Å². The molecule has 4 rings (SSSR count). The minimum Gasteiger partial charge on any atom is -0.399 e. The van der Waals surface area contributed by atoms with E-state index >= 15 is 0 Å². The van der Waals surface area contributed by atoms with Crippen molar-refractivity contribution in [2.75, 3.05) is 7.11 Å². The molecule has 0 saturated heterocycles. The minimum absolute atomic E-state index is 0.115. The Morgan fingerprint density at radius 1 is 1.15 bits per heavy atom. The van der Waals surface area contributed by atoms with Gasteiger partial charge < -0.3 is 15.1 Å². The summed E-state index contributed by atoms with van der Waals surface area (Å²) in [6.07, 6.45) is 10.4. The third kappa shape index (κ3) is 2.30. The average molecular weight is 362 g/mol. The Kier molecular flexibility index (Phi) is 4.31. The summed E-state index contributed by atoms with van der Waals surface area (Å²) in [7, 11) is 1.56. The van der Waals surface area contributed by atoms with Gasteiger partial charge in [0, 0.05) is 5.41 Å². The molecule has 0 radical (unpaired) electrons. The van der Waals surface area contributed by atoms with E-state index in [0.29, 0.717) is 17.8 Å². The number of nitrogens with zero attached hydrogens (tertiary/aromatic N) is 1. The second kappa shape index (κ2) is 6.07. The van der Waals surface area contributed by atoms with Crippen LogP contribution in [0.1, 0.15) is 72.1 Å². The predicted octanol–water partition coefficient (Wildman–Crippen LogP) is 4.06. The van der Waals surface area contributed by atoms with Crippen LogP contribution in [0, 0.1) is 28.6 Å². The van der Waals surface area contributed by atoms with Crippen molar-refractivity contribution < 1.29 is 15.1 Å². The second-order valence-electron chi connectivity index (χ2n) is 9.87. The predicted molar refractivity (Wildman–Crippen MR) is 103 cm³/mol. The van der Waals surface area contributed by atoms with Gasteiger partial charge in [0.15, 0.2) is 0 Å². The molecule has 4 nitrogen and oxygen atoms in total. The largest absolute Gasteiger partial charge is 0.399 e. The molecular weight excluding hydrogens is 326 g/mol. The fourth-order valence-corrected chi connectivity index (χ4v) is 7.46. The van der Waals surface area contributed by atoms with Crippen LogP contribution in [0.4, 0.5) is 0 Å². The zero-order chi connectivity index (χ0) is 18.7. The Morgan fingerprint density at radius 2 is 1.88 bits per heavy atom. The molecule has 3 fully saturated rings. The Hall–Kier alpha value is -0.870. The minimum atomic E-state index is -0.841. The average Bonchev–Trinajstić information content (AvgIpc) is 2.88. The van der Waals surface area contributed by atoms with Crippen molar-refractivity contribution in [3.8, 4) is 0 Å². The lowest BCUT2D eigenvalue weighted by atomic mass is 9.46. The van der Waals surface area contributed by atoms with Gasteiger partial charge in [-0.1, -0.05) is 30.7 Å². The topological polar surface area (TPSA) is 62.0 Å². The molecule has 0 aromatic carbocycles. The molecule has 0 heterocycles. The smallest absolute Gasteiger partial charge is 0.111 e. The first-order valence-electron chi connectivity index (χ1n) is 10.4. The van der Waals surface area contributed by atoms with Crippen molar-refractivity contribution in [3.05, 3.63) is 11.6 Å². The van der Waals surface area contributed by atoms with Crippen molar-refractivity contribution >= 4 is 5.71 Å². The molecule has 0 aliphatic heterocycles. The highest BCUT2D eigenvalue weighted by Crippen LogP contribution is 2.67. The van der Waals surface area contributed by atoms with E-state index in [1.54, 1.807) is 7.11 Å². The van der Waals surface area contributed by atoms with Gasteiger partial charge in [-0.15, -0.1) is 0 Å². The first-order chi connectivity index (χ1) is 12.3. The van der Waals surface area contributed by atoms with Gasteiger partial charge >= 0.3 is 0 Å². The van der Waals surface area contributed by atoms with Gasteiger partial charge in [-0.25, -0.2) is 0 Å². The number of aliphatic hydroxyl groups is 2. The zero-order valence-electron chi connectivity index (χ0n) is 16.8. The summed E-state index contributed by atoms with van der Waals surface area (Å²) in [5.74, 6) is 1.87. The van der Waals surface area contributed by atoms with Gasteiger partial charge in [0.25, 0.3) is 0 Å². The molecule has 146 valence electrons. The number of hydrogen-bond donors (Lipinski definition) is 2. The van der Waals surface area contributed by atoms with E-state index in [4.69, 9.17) is 4.84 Å². The number of aliphatic hydroxyl groups excluding tert-OH is 1. The Labute approximate surface area is 157 Å². The summed E-state index contributed by atoms with van der Waals surface area (Å²) in [6.45, 7) is 6.66. The summed E-state index contributed by atoms with van der Waals surface area (Å²) < 4.78 is 0. The van der Waals surface area contributed by atoms with E-state index in [-0.39, 0.29) is 16.9 Å². The monoisotopic (exact) mass is 361 g/mol. The molecule has 0 aromatic heterocycles. The summed E-state index contributed by atoms with van der Waals surface area (Å²) in [5, 5.41) is 25.9. The highest BCUT2D eigenvalue weighted by molar-refractivity contribution is 5.91. The Morgan fingerprint density at radius 3 is 2.62 bits per heavy atom. The first kappa shape index (κ1) is 18.5. The van der Waals surface area contributed by atoms with Crippen LogP contribution in [0.5, 0.6) is 0 Å². The standard InChI is InChI=1S/C22H35NO3/c1-14(23-26-4)22(25)12-9-19-17-6-5-15-13-16(24)7-10-20(15,2)18(17)8-11-21(19,22)3/h5,16-19,24-25H,6-13H2,1-4H3/b23-14+. The maximum Gasteiger partial charge on any atom is 0.111 e. The molecule has 3 saturated carbocycles. The number of fused-ring (bicyclic) bond motifs is 5. The normalized spacial score (nSPS) is 51.2. The summed E-state index contributed by atoms with van der Waals surface area (Å²) in [4.78, 5) is 5.00. The van der Waals surface area contributed by atoms with Crippen LogP contribution in [-0.4, -0.2) is 34.7 Å². The molecule has 2 N–H and O–H groups in total. The van der Waals surface area contributed by atoms with Crippen LogP contribution in [-0.2, 0) is 4.84 Å². The van der Waals surface area contributed by atoms with Gasteiger partial charge in [-0.05, 0) is 81.5 Å². The van der Waals surface area contributed by atoms with E-state index < -0.39 is 5.60 Å². The highest BCUT2D eigenvalue weighted by Gasteiger charge is 2.64. The van der Waals surface area contributed by atoms with Gasteiger partial charge in [0.2, 0.25) is 0 Å². The molecule has 4 heteroatoms. The van der Waals surface area contributed by atoms with Crippen molar-refractivity contribution in [1.82, 2.24) is 0 Å². The third-order valence-electron chi connectivity index (χ3n) is 9.06. The Bertz CT molecular complexity index is 643. The van der Waals surface area contributed by atoms with Crippen molar-refractivity contribution in [2.24, 2.45) is 33.7 Å². The quantitative estimate of drug-likeness (QED) is 0.443. The van der Waals surface area contributed by atoms with Crippen molar-refractivity contribution in [2.45, 2.75) is 83.8 Å². The fraction of sp³-hybridized carbons (Fsp3) is 0.864. The fourth-order valence-electron chi connectivity index (χ4n) is 7.46. The maximum atomic E-state index is 11.6. The van der Waals surface area contributed by atoms with Gasteiger partial charge in [-0.3, -0.25) is 0 Å². The number of rotatable bonds is 2. The molecule has 7 atom stereocenters. The SMILES string of the molecule is CO/N=C(\C)C1(O)CCC2C3CC=C4CC(O)CCC4(C)C3CCC21C. The third-order valence-corrected chi connectivity index (χ3v) is 9.06. The Balaban J connectivity index is 1.67. The molecule has 0 bridgehead atoms. The molecule has 26 heavy (non-hydrogen) atoms. The summed E-state index contributed by atoms with van der Waals surface area (Å²) in [5.41, 5.74) is 1.54. The van der Waals surface area contributed by atoms with E-state index in [1.807, 2.05) is 6.92 Å². The molecule has 7 unspecified atom stereocenters. The van der Waals surface area contributed by atoms with Crippen molar-refractivity contribution in [1.29, 1.82) is 0 Å². The molecule has 0 aromatic rings. The van der Waals surface area contributed by atoms with Gasteiger partial charge in [0.1, 0.15) is 12.7 Å². The first-order valence-corrected chi connectivity index (χ1v) is 10.4.